The Morgan fingerprint density at radius 2 is 2.18 bits per heavy atom. The minimum atomic E-state index is 0.429. The van der Waals surface area contributed by atoms with E-state index < -0.39 is 0 Å². The van der Waals surface area contributed by atoms with Crippen molar-refractivity contribution < 1.29 is 4.42 Å². The van der Waals surface area contributed by atoms with Crippen LogP contribution >= 0.6 is 0 Å². The van der Waals surface area contributed by atoms with Crippen molar-refractivity contribution in [3.63, 3.8) is 0 Å². The Hall–Kier alpha value is -0.840. The summed E-state index contributed by atoms with van der Waals surface area (Å²) in [6.07, 6.45) is 4.99. The van der Waals surface area contributed by atoms with Crippen molar-refractivity contribution >= 4 is 0 Å². The van der Waals surface area contributed by atoms with E-state index in [-0.39, 0.29) is 0 Å². The van der Waals surface area contributed by atoms with E-state index in [1.165, 1.54) is 0 Å². The Morgan fingerprint density at radius 1 is 1.35 bits per heavy atom. The van der Waals surface area contributed by atoms with Crippen molar-refractivity contribution in [2.45, 2.75) is 25.3 Å². The van der Waals surface area contributed by atoms with E-state index in [4.69, 9.17) is 10.2 Å². The number of nitrogens with two attached hydrogens (primary N) is 1. The Balaban J connectivity index is 1.49. The second kappa shape index (κ2) is 6.79. The Kier molecular flexibility index (Phi) is 5.04. The number of furan rings is 1. The first-order chi connectivity index (χ1) is 8.34. The highest BCUT2D eigenvalue weighted by atomic mass is 16.3. The molecule has 96 valence electrons. The number of rotatable bonds is 6. The van der Waals surface area contributed by atoms with E-state index in [0.29, 0.717) is 6.04 Å². The number of nitrogens with zero attached hydrogens (tertiary/aromatic N) is 1. The highest BCUT2D eigenvalue weighted by Crippen LogP contribution is 2.06. The molecule has 0 unspecified atom stereocenters. The summed E-state index contributed by atoms with van der Waals surface area (Å²) in [5, 5.41) is 3.45. The Morgan fingerprint density at radius 3 is 2.88 bits per heavy atom. The third kappa shape index (κ3) is 4.50. The number of piperidine rings is 1. The van der Waals surface area contributed by atoms with Gasteiger partial charge in [0.25, 0.3) is 0 Å². The van der Waals surface area contributed by atoms with Crippen LogP contribution in [0.25, 0.3) is 0 Å². The van der Waals surface area contributed by atoms with Gasteiger partial charge in [-0.1, -0.05) is 0 Å². The van der Waals surface area contributed by atoms with Gasteiger partial charge in [0, 0.05) is 32.1 Å². The van der Waals surface area contributed by atoms with Crippen molar-refractivity contribution in [3.8, 4) is 0 Å². The molecule has 1 aliphatic rings. The molecule has 3 N–H and O–H groups in total. The van der Waals surface area contributed by atoms with Crippen LogP contribution in [-0.4, -0.2) is 43.7 Å². The highest BCUT2D eigenvalue weighted by molar-refractivity contribution is 4.98. The average Bonchev–Trinajstić information content (AvgIpc) is 2.84. The van der Waals surface area contributed by atoms with Crippen LogP contribution in [-0.2, 0) is 6.42 Å². The lowest BCUT2D eigenvalue weighted by Gasteiger charge is -2.29. The third-order valence-electron chi connectivity index (χ3n) is 3.37. The fourth-order valence-corrected chi connectivity index (χ4v) is 2.21. The molecule has 0 bridgehead atoms. The lowest BCUT2D eigenvalue weighted by molar-refractivity contribution is 0.214. The largest absolute Gasteiger partial charge is 0.469 e. The maximum atomic E-state index is 5.87. The van der Waals surface area contributed by atoms with Gasteiger partial charge in [-0.05, 0) is 38.1 Å². The standard InChI is InChI=1S/C13H23N3O/c14-12-4-8-16(9-5-12)10-7-15-6-3-13-2-1-11-17-13/h1-2,11-12,15H,3-10,14H2. The second-order valence-electron chi connectivity index (χ2n) is 4.76. The molecule has 1 aromatic heterocycles. The van der Waals surface area contributed by atoms with Crippen LogP contribution in [0.4, 0.5) is 0 Å². The third-order valence-corrected chi connectivity index (χ3v) is 3.37. The molecular formula is C13H23N3O. The van der Waals surface area contributed by atoms with E-state index in [1.807, 2.05) is 12.1 Å². The average molecular weight is 237 g/mol. The molecule has 0 radical (unpaired) electrons. The molecule has 1 aromatic rings. The van der Waals surface area contributed by atoms with Crippen LogP contribution < -0.4 is 11.1 Å². The van der Waals surface area contributed by atoms with Gasteiger partial charge in [0.2, 0.25) is 0 Å². The van der Waals surface area contributed by atoms with Gasteiger partial charge in [-0.3, -0.25) is 0 Å². The van der Waals surface area contributed by atoms with Gasteiger partial charge in [0.05, 0.1) is 6.26 Å². The van der Waals surface area contributed by atoms with Gasteiger partial charge < -0.3 is 20.4 Å². The summed E-state index contributed by atoms with van der Waals surface area (Å²) >= 11 is 0. The first-order valence-electron chi connectivity index (χ1n) is 6.55. The number of hydrogen-bond donors (Lipinski definition) is 2. The first kappa shape index (κ1) is 12.6. The Labute approximate surface area is 103 Å². The highest BCUT2D eigenvalue weighted by Gasteiger charge is 2.14. The van der Waals surface area contributed by atoms with E-state index >= 15 is 0 Å². The zero-order valence-electron chi connectivity index (χ0n) is 10.4. The van der Waals surface area contributed by atoms with Crippen molar-refractivity contribution in [1.29, 1.82) is 0 Å². The van der Waals surface area contributed by atoms with Crippen LogP contribution in [0, 0.1) is 0 Å². The van der Waals surface area contributed by atoms with Gasteiger partial charge >= 0.3 is 0 Å². The fourth-order valence-electron chi connectivity index (χ4n) is 2.21. The van der Waals surface area contributed by atoms with Crippen molar-refractivity contribution in [3.05, 3.63) is 24.2 Å². The van der Waals surface area contributed by atoms with E-state index in [9.17, 15) is 0 Å². The predicted octanol–water partition coefficient (Wildman–Crippen LogP) is 0.835. The number of nitrogens with one attached hydrogen (secondary N) is 1. The molecule has 1 saturated heterocycles. The molecule has 4 heteroatoms. The van der Waals surface area contributed by atoms with E-state index in [1.54, 1.807) is 6.26 Å². The monoisotopic (exact) mass is 237 g/mol. The fraction of sp³-hybridized carbons (Fsp3) is 0.692. The normalized spacial score (nSPS) is 18.6. The van der Waals surface area contributed by atoms with Crippen LogP contribution in [0.2, 0.25) is 0 Å². The lowest BCUT2D eigenvalue weighted by Crippen LogP contribution is -2.42. The smallest absolute Gasteiger partial charge is 0.105 e. The molecule has 2 rings (SSSR count). The van der Waals surface area contributed by atoms with Crippen molar-refractivity contribution in [2.75, 3.05) is 32.7 Å². The summed E-state index contributed by atoms with van der Waals surface area (Å²) in [5.41, 5.74) is 5.87. The van der Waals surface area contributed by atoms with Gasteiger partial charge in [0.1, 0.15) is 5.76 Å². The molecule has 1 fully saturated rings. The second-order valence-corrected chi connectivity index (χ2v) is 4.76. The molecule has 2 heterocycles. The summed E-state index contributed by atoms with van der Waals surface area (Å²) in [6.45, 7) is 5.48. The minimum Gasteiger partial charge on any atom is -0.469 e. The molecular weight excluding hydrogens is 214 g/mol. The molecule has 0 aromatic carbocycles. The summed E-state index contributed by atoms with van der Waals surface area (Å²) in [7, 11) is 0. The van der Waals surface area contributed by atoms with Crippen molar-refractivity contribution in [2.24, 2.45) is 5.73 Å². The van der Waals surface area contributed by atoms with Crippen LogP contribution in [0.1, 0.15) is 18.6 Å². The molecule has 17 heavy (non-hydrogen) atoms. The van der Waals surface area contributed by atoms with Crippen LogP contribution in [0.5, 0.6) is 0 Å². The lowest BCUT2D eigenvalue weighted by atomic mass is 10.1. The minimum absolute atomic E-state index is 0.429. The SMILES string of the molecule is NC1CCN(CCNCCc2ccco2)CC1. The number of hydrogen-bond acceptors (Lipinski definition) is 4. The molecule has 0 saturated carbocycles. The maximum Gasteiger partial charge on any atom is 0.105 e. The van der Waals surface area contributed by atoms with Crippen LogP contribution in [0.3, 0.4) is 0 Å². The van der Waals surface area contributed by atoms with Gasteiger partial charge in [-0.15, -0.1) is 0 Å². The molecule has 0 atom stereocenters. The molecule has 0 aliphatic carbocycles. The molecule has 4 nitrogen and oxygen atoms in total. The van der Waals surface area contributed by atoms with Crippen LogP contribution in [0.15, 0.2) is 22.8 Å². The molecule has 0 spiro atoms. The summed E-state index contributed by atoms with van der Waals surface area (Å²) in [5.74, 6) is 1.06. The topological polar surface area (TPSA) is 54.4 Å². The first-order valence-corrected chi connectivity index (χ1v) is 6.55. The maximum absolute atomic E-state index is 5.87. The van der Waals surface area contributed by atoms with E-state index in [0.717, 1.165) is 57.7 Å². The molecule has 1 aliphatic heterocycles. The van der Waals surface area contributed by atoms with Crippen molar-refractivity contribution in [1.82, 2.24) is 10.2 Å². The number of likely N-dealkylation sites (tertiary alicyclic amines) is 1. The summed E-state index contributed by atoms with van der Waals surface area (Å²) in [6, 6.07) is 4.39. The van der Waals surface area contributed by atoms with Gasteiger partial charge in [0.15, 0.2) is 0 Å². The summed E-state index contributed by atoms with van der Waals surface area (Å²) in [4.78, 5) is 2.49. The van der Waals surface area contributed by atoms with Gasteiger partial charge in [-0.25, -0.2) is 0 Å². The van der Waals surface area contributed by atoms with Gasteiger partial charge in [-0.2, -0.15) is 0 Å². The molecule has 0 amide bonds. The summed E-state index contributed by atoms with van der Waals surface area (Å²) < 4.78 is 5.28. The Bertz CT molecular complexity index is 292. The quantitative estimate of drug-likeness (QED) is 0.720. The zero-order chi connectivity index (χ0) is 11.9. The van der Waals surface area contributed by atoms with E-state index in [2.05, 4.69) is 10.2 Å². The predicted molar refractivity (Wildman–Crippen MR) is 68.9 cm³/mol. The zero-order valence-corrected chi connectivity index (χ0v) is 10.4.